The largest absolute Gasteiger partial charge is 0.497 e. The molecular formula is C15H18O4. The molecule has 0 amide bonds. The number of benzene rings is 1. The summed E-state index contributed by atoms with van der Waals surface area (Å²) in [6, 6.07) is 7.26. The van der Waals surface area contributed by atoms with Crippen molar-refractivity contribution < 1.29 is 19.4 Å². The molecule has 1 unspecified atom stereocenters. The van der Waals surface area contributed by atoms with E-state index in [0.29, 0.717) is 18.6 Å². The normalized spacial score (nSPS) is 23.1. The van der Waals surface area contributed by atoms with Crippen LogP contribution in [-0.4, -0.2) is 24.0 Å². The molecule has 1 atom stereocenters. The zero-order chi connectivity index (χ0) is 13.9. The Labute approximate surface area is 112 Å². The van der Waals surface area contributed by atoms with Crippen molar-refractivity contribution in [3.05, 3.63) is 29.8 Å². The molecule has 0 saturated heterocycles. The van der Waals surface area contributed by atoms with Gasteiger partial charge in [0, 0.05) is 6.42 Å². The van der Waals surface area contributed by atoms with Gasteiger partial charge in [-0.1, -0.05) is 18.6 Å². The van der Waals surface area contributed by atoms with Crippen LogP contribution in [0.3, 0.4) is 0 Å². The minimum Gasteiger partial charge on any atom is -0.497 e. The number of carbonyl (C=O) groups is 2. The number of aliphatic carboxylic acids is 1. The van der Waals surface area contributed by atoms with E-state index < -0.39 is 11.4 Å². The lowest BCUT2D eigenvalue weighted by Gasteiger charge is -2.31. The van der Waals surface area contributed by atoms with Gasteiger partial charge in [-0.05, 0) is 37.0 Å². The molecule has 4 heteroatoms. The Morgan fingerprint density at radius 3 is 2.84 bits per heavy atom. The number of Topliss-reactive ketones (excluding diaryl/α,β-unsaturated/α-hetero) is 1. The first-order valence-corrected chi connectivity index (χ1v) is 6.48. The summed E-state index contributed by atoms with van der Waals surface area (Å²) in [5, 5.41) is 9.49. The first-order chi connectivity index (χ1) is 9.08. The molecule has 1 saturated carbocycles. The van der Waals surface area contributed by atoms with Crippen molar-refractivity contribution in [1.29, 1.82) is 0 Å². The second-order valence-corrected chi connectivity index (χ2v) is 5.05. The number of carboxylic acid groups (broad SMARTS) is 1. The van der Waals surface area contributed by atoms with E-state index in [9.17, 15) is 14.7 Å². The number of rotatable bonds is 4. The van der Waals surface area contributed by atoms with Crippen LogP contribution in [0.5, 0.6) is 5.75 Å². The molecule has 1 N–H and O–H groups in total. The highest BCUT2D eigenvalue weighted by atomic mass is 16.5. The Morgan fingerprint density at radius 2 is 2.21 bits per heavy atom. The molecule has 0 aliphatic heterocycles. The van der Waals surface area contributed by atoms with Crippen molar-refractivity contribution >= 4 is 11.8 Å². The average Bonchev–Trinajstić information content (AvgIpc) is 2.41. The van der Waals surface area contributed by atoms with Crippen LogP contribution in [0.15, 0.2) is 24.3 Å². The van der Waals surface area contributed by atoms with E-state index in [4.69, 9.17) is 4.74 Å². The fourth-order valence-electron chi connectivity index (χ4n) is 2.71. The van der Waals surface area contributed by atoms with E-state index in [-0.39, 0.29) is 12.2 Å². The van der Waals surface area contributed by atoms with E-state index in [1.807, 2.05) is 12.1 Å². The molecule has 0 aromatic heterocycles. The molecule has 1 aliphatic rings. The van der Waals surface area contributed by atoms with Crippen LogP contribution in [0, 0.1) is 5.41 Å². The highest BCUT2D eigenvalue weighted by Crippen LogP contribution is 2.37. The molecule has 1 aromatic rings. The van der Waals surface area contributed by atoms with Gasteiger partial charge in [-0.3, -0.25) is 9.59 Å². The van der Waals surface area contributed by atoms with Crippen LogP contribution in [0.1, 0.15) is 31.2 Å². The second-order valence-electron chi connectivity index (χ2n) is 5.05. The molecule has 0 bridgehead atoms. The Morgan fingerprint density at radius 1 is 1.42 bits per heavy atom. The maximum absolute atomic E-state index is 12.1. The van der Waals surface area contributed by atoms with Crippen molar-refractivity contribution in [3.8, 4) is 5.75 Å². The van der Waals surface area contributed by atoms with E-state index in [0.717, 1.165) is 18.4 Å². The van der Waals surface area contributed by atoms with Gasteiger partial charge in [-0.25, -0.2) is 0 Å². The van der Waals surface area contributed by atoms with Crippen LogP contribution < -0.4 is 4.74 Å². The van der Waals surface area contributed by atoms with Gasteiger partial charge in [0.25, 0.3) is 0 Å². The highest BCUT2D eigenvalue weighted by Gasteiger charge is 2.46. The predicted molar refractivity (Wildman–Crippen MR) is 70.2 cm³/mol. The monoisotopic (exact) mass is 262 g/mol. The molecular weight excluding hydrogens is 244 g/mol. The van der Waals surface area contributed by atoms with Crippen molar-refractivity contribution in [2.45, 2.75) is 32.1 Å². The smallest absolute Gasteiger partial charge is 0.317 e. The van der Waals surface area contributed by atoms with Crippen LogP contribution in [0.25, 0.3) is 0 Å². The molecule has 4 nitrogen and oxygen atoms in total. The van der Waals surface area contributed by atoms with Crippen LogP contribution >= 0.6 is 0 Å². The summed E-state index contributed by atoms with van der Waals surface area (Å²) in [6.07, 6.45) is 2.64. The summed E-state index contributed by atoms with van der Waals surface area (Å²) in [7, 11) is 1.57. The number of methoxy groups -OCH3 is 1. The molecule has 0 heterocycles. The van der Waals surface area contributed by atoms with Gasteiger partial charge in [0.2, 0.25) is 0 Å². The van der Waals surface area contributed by atoms with E-state index in [1.165, 1.54) is 0 Å². The number of hydrogen-bond acceptors (Lipinski definition) is 3. The van der Waals surface area contributed by atoms with Gasteiger partial charge in [0.15, 0.2) is 5.78 Å². The Balaban J connectivity index is 2.30. The molecule has 1 fully saturated rings. The third kappa shape index (κ3) is 2.62. The number of ether oxygens (including phenoxy) is 1. The first-order valence-electron chi connectivity index (χ1n) is 6.48. The quantitative estimate of drug-likeness (QED) is 0.846. The number of ketones is 1. The lowest BCUT2D eigenvalue weighted by atomic mass is 9.69. The van der Waals surface area contributed by atoms with Gasteiger partial charge in [-0.15, -0.1) is 0 Å². The average molecular weight is 262 g/mol. The zero-order valence-corrected chi connectivity index (χ0v) is 11.0. The van der Waals surface area contributed by atoms with Crippen molar-refractivity contribution in [2.75, 3.05) is 7.11 Å². The van der Waals surface area contributed by atoms with Gasteiger partial charge in [-0.2, -0.15) is 0 Å². The van der Waals surface area contributed by atoms with Gasteiger partial charge < -0.3 is 9.84 Å². The zero-order valence-electron chi connectivity index (χ0n) is 11.0. The fraction of sp³-hybridized carbons (Fsp3) is 0.467. The van der Waals surface area contributed by atoms with E-state index in [1.54, 1.807) is 19.2 Å². The molecule has 2 rings (SSSR count). The third-order valence-corrected chi connectivity index (χ3v) is 3.84. The topological polar surface area (TPSA) is 63.6 Å². The summed E-state index contributed by atoms with van der Waals surface area (Å²) in [6.45, 7) is 0. The molecule has 102 valence electrons. The lowest BCUT2D eigenvalue weighted by Crippen LogP contribution is -2.43. The maximum atomic E-state index is 12.1. The van der Waals surface area contributed by atoms with Crippen molar-refractivity contribution in [2.24, 2.45) is 5.41 Å². The third-order valence-electron chi connectivity index (χ3n) is 3.84. The van der Waals surface area contributed by atoms with E-state index in [2.05, 4.69) is 0 Å². The molecule has 19 heavy (non-hydrogen) atoms. The fourth-order valence-corrected chi connectivity index (χ4v) is 2.71. The first kappa shape index (κ1) is 13.6. The summed E-state index contributed by atoms with van der Waals surface area (Å²) < 4.78 is 5.13. The molecule has 1 aromatic carbocycles. The second kappa shape index (κ2) is 5.43. The standard InChI is InChI=1S/C15H18O4/c1-19-12-6-4-5-11(9-12)10-15(14(17)18)8-3-2-7-13(15)16/h4-6,9H,2-3,7-8,10H2,1H3,(H,17,18). The van der Waals surface area contributed by atoms with Crippen LogP contribution in [0.2, 0.25) is 0 Å². The summed E-state index contributed by atoms with van der Waals surface area (Å²) in [5.74, 6) is -0.463. The minimum absolute atomic E-state index is 0.144. The molecule has 0 spiro atoms. The SMILES string of the molecule is COc1cccc(CC2(C(=O)O)CCCCC2=O)c1. The number of hydrogen-bond donors (Lipinski definition) is 1. The van der Waals surface area contributed by atoms with Crippen LogP contribution in [0.4, 0.5) is 0 Å². The highest BCUT2D eigenvalue weighted by molar-refractivity contribution is 6.03. The van der Waals surface area contributed by atoms with Crippen LogP contribution in [-0.2, 0) is 16.0 Å². The van der Waals surface area contributed by atoms with Crippen molar-refractivity contribution in [1.82, 2.24) is 0 Å². The maximum Gasteiger partial charge on any atom is 0.317 e. The Kier molecular flexibility index (Phi) is 3.88. The molecule has 1 aliphatic carbocycles. The predicted octanol–water partition coefficient (Wildman–Crippen LogP) is 2.45. The van der Waals surface area contributed by atoms with Gasteiger partial charge in [0.1, 0.15) is 11.2 Å². The van der Waals surface area contributed by atoms with Gasteiger partial charge in [0.05, 0.1) is 7.11 Å². The van der Waals surface area contributed by atoms with Gasteiger partial charge >= 0.3 is 5.97 Å². The molecule has 0 radical (unpaired) electrons. The minimum atomic E-state index is -1.25. The number of carbonyl (C=O) groups excluding carboxylic acids is 1. The Hall–Kier alpha value is -1.84. The Bertz CT molecular complexity index is 495. The van der Waals surface area contributed by atoms with Crippen molar-refractivity contribution in [3.63, 3.8) is 0 Å². The summed E-state index contributed by atoms with van der Waals surface area (Å²) in [4.78, 5) is 23.7. The van der Waals surface area contributed by atoms with E-state index >= 15 is 0 Å². The number of carboxylic acids is 1. The summed E-state index contributed by atoms with van der Waals surface area (Å²) >= 11 is 0. The lowest BCUT2D eigenvalue weighted by molar-refractivity contribution is -0.157. The summed E-state index contributed by atoms with van der Waals surface area (Å²) in [5.41, 5.74) is -0.415.